The molecule has 0 radical (unpaired) electrons. The van der Waals surface area contributed by atoms with E-state index in [1.54, 1.807) is 12.3 Å². The third-order valence-corrected chi connectivity index (χ3v) is 2.48. The molecule has 0 aliphatic carbocycles. The second-order valence-corrected chi connectivity index (χ2v) is 3.93. The van der Waals surface area contributed by atoms with Crippen LogP contribution in [-0.2, 0) is 11.3 Å². The van der Waals surface area contributed by atoms with Crippen molar-refractivity contribution in [1.82, 2.24) is 4.98 Å². The molecule has 4 heteroatoms. The fourth-order valence-corrected chi connectivity index (χ4v) is 1.43. The number of anilines is 1. The largest absolute Gasteiger partial charge is 0.326 e. The molecule has 0 saturated carbocycles. The van der Waals surface area contributed by atoms with E-state index in [-0.39, 0.29) is 11.8 Å². The number of hydrogen-bond donors (Lipinski definition) is 2. The molecule has 0 fully saturated rings. The third kappa shape index (κ3) is 3.62. The van der Waals surface area contributed by atoms with E-state index in [1.165, 1.54) is 0 Å². The molecule has 88 valence electrons. The zero-order chi connectivity index (χ0) is 12.0. The fraction of sp³-hybridized carbons (Fsp3) is 0.500. The van der Waals surface area contributed by atoms with E-state index in [0.717, 1.165) is 18.4 Å². The number of carbonyl (C=O) groups excluding carboxylic acids is 1. The van der Waals surface area contributed by atoms with Gasteiger partial charge in [-0.25, -0.2) is 4.98 Å². The van der Waals surface area contributed by atoms with Crippen LogP contribution in [0.2, 0.25) is 0 Å². The summed E-state index contributed by atoms with van der Waals surface area (Å²) in [5.74, 6) is 0.640. The SMILES string of the molecule is CCCC(C)C(=O)Nc1ccc(CN)cn1. The monoisotopic (exact) mass is 221 g/mol. The Balaban J connectivity index is 2.55. The lowest BCUT2D eigenvalue weighted by Gasteiger charge is -2.10. The molecular weight excluding hydrogens is 202 g/mol. The van der Waals surface area contributed by atoms with Gasteiger partial charge in [0.2, 0.25) is 5.91 Å². The molecule has 0 aromatic carbocycles. The summed E-state index contributed by atoms with van der Waals surface area (Å²) in [6.07, 6.45) is 3.58. The van der Waals surface area contributed by atoms with Gasteiger partial charge in [-0.2, -0.15) is 0 Å². The van der Waals surface area contributed by atoms with Gasteiger partial charge in [0.1, 0.15) is 5.82 Å². The second kappa shape index (κ2) is 6.23. The van der Waals surface area contributed by atoms with Gasteiger partial charge in [-0.15, -0.1) is 0 Å². The molecule has 0 spiro atoms. The van der Waals surface area contributed by atoms with Gasteiger partial charge in [0.25, 0.3) is 0 Å². The van der Waals surface area contributed by atoms with Crippen LogP contribution in [0.15, 0.2) is 18.3 Å². The summed E-state index contributed by atoms with van der Waals surface area (Å²) in [7, 11) is 0. The number of nitrogens with one attached hydrogen (secondary N) is 1. The van der Waals surface area contributed by atoms with Crippen molar-refractivity contribution >= 4 is 11.7 Å². The van der Waals surface area contributed by atoms with Crippen LogP contribution in [0.5, 0.6) is 0 Å². The number of aromatic nitrogens is 1. The average molecular weight is 221 g/mol. The molecule has 16 heavy (non-hydrogen) atoms. The fourth-order valence-electron chi connectivity index (χ4n) is 1.43. The van der Waals surface area contributed by atoms with Gasteiger partial charge in [-0.3, -0.25) is 4.79 Å². The number of hydrogen-bond acceptors (Lipinski definition) is 3. The summed E-state index contributed by atoms with van der Waals surface area (Å²) >= 11 is 0. The molecule has 4 nitrogen and oxygen atoms in total. The van der Waals surface area contributed by atoms with Gasteiger partial charge < -0.3 is 11.1 Å². The van der Waals surface area contributed by atoms with E-state index in [1.807, 2.05) is 13.0 Å². The van der Waals surface area contributed by atoms with E-state index in [4.69, 9.17) is 5.73 Å². The minimum absolute atomic E-state index is 0.0230. The molecule has 1 rings (SSSR count). The van der Waals surface area contributed by atoms with Crippen molar-refractivity contribution in [2.75, 3.05) is 5.32 Å². The molecule has 1 amide bonds. The summed E-state index contributed by atoms with van der Waals surface area (Å²) < 4.78 is 0. The standard InChI is InChI=1S/C12H19N3O/c1-3-4-9(2)12(16)15-11-6-5-10(7-13)8-14-11/h5-6,8-9H,3-4,7,13H2,1-2H3,(H,14,15,16). The molecule has 0 saturated heterocycles. The highest BCUT2D eigenvalue weighted by Gasteiger charge is 2.11. The van der Waals surface area contributed by atoms with Crippen molar-refractivity contribution < 1.29 is 4.79 Å². The van der Waals surface area contributed by atoms with Crippen LogP contribution in [0, 0.1) is 5.92 Å². The van der Waals surface area contributed by atoms with Crippen molar-refractivity contribution in [3.05, 3.63) is 23.9 Å². The molecule has 1 aromatic rings. The van der Waals surface area contributed by atoms with Crippen LogP contribution in [-0.4, -0.2) is 10.9 Å². The maximum atomic E-state index is 11.7. The first-order valence-electron chi connectivity index (χ1n) is 5.63. The molecular formula is C12H19N3O. The van der Waals surface area contributed by atoms with Gasteiger partial charge in [0.05, 0.1) is 0 Å². The third-order valence-electron chi connectivity index (χ3n) is 2.48. The number of pyridine rings is 1. The highest BCUT2D eigenvalue weighted by Crippen LogP contribution is 2.10. The zero-order valence-corrected chi connectivity index (χ0v) is 9.86. The van der Waals surface area contributed by atoms with Crippen molar-refractivity contribution in [2.24, 2.45) is 11.7 Å². The highest BCUT2D eigenvalue weighted by molar-refractivity contribution is 5.91. The molecule has 3 N–H and O–H groups in total. The minimum Gasteiger partial charge on any atom is -0.326 e. The highest BCUT2D eigenvalue weighted by atomic mass is 16.1. The first kappa shape index (κ1) is 12.6. The van der Waals surface area contributed by atoms with Gasteiger partial charge in [0.15, 0.2) is 0 Å². The van der Waals surface area contributed by atoms with Crippen molar-refractivity contribution in [3.63, 3.8) is 0 Å². The Labute approximate surface area is 96.3 Å². The Kier molecular flexibility index (Phi) is 4.92. The Morgan fingerprint density at radius 3 is 2.81 bits per heavy atom. The Morgan fingerprint density at radius 1 is 1.56 bits per heavy atom. The summed E-state index contributed by atoms with van der Waals surface area (Å²) in [5, 5.41) is 2.79. The predicted molar refractivity (Wildman–Crippen MR) is 64.8 cm³/mol. The molecule has 1 unspecified atom stereocenters. The van der Waals surface area contributed by atoms with Crippen molar-refractivity contribution in [3.8, 4) is 0 Å². The maximum Gasteiger partial charge on any atom is 0.228 e. The van der Waals surface area contributed by atoms with Crippen LogP contribution in [0.4, 0.5) is 5.82 Å². The smallest absolute Gasteiger partial charge is 0.228 e. The van der Waals surface area contributed by atoms with Crippen LogP contribution < -0.4 is 11.1 Å². The van der Waals surface area contributed by atoms with E-state index >= 15 is 0 Å². The van der Waals surface area contributed by atoms with Gasteiger partial charge in [0, 0.05) is 18.7 Å². The van der Waals surface area contributed by atoms with Crippen LogP contribution >= 0.6 is 0 Å². The molecule has 0 aliphatic heterocycles. The normalized spacial score (nSPS) is 12.2. The zero-order valence-electron chi connectivity index (χ0n) is 9.86. The molecule has 0 aliphatic rings. The Morgan fingerprint density at radius 2 is 2.31 bits per heavy atom. The maximum absolute atomic E-state index is 11.7. The number of carbonyl (C=O) groups is 1. The summed E-state index contributed by atoms with van der Waals surface area (Å²) in [5.41, 5.74) is 6.42. The van der Waals surface area contributed by atoms with Crippen LogP contribution in [0.3, 0.4) is 0 Å². The number of nitrogens with zero attached hydrogens (tertiary/aromatic N) is 1. The molecule has 1 aromatic heterocycles. The number of amides is 1. The lowest BCUT2D eigenvalue weighted by Crippen LogP contribution is -2.20. The van der Waals surface area contributed by atoms with E-state index in [9.17, 15) is 4.79 Å². The van der Waals surface area contributed by atoms with E-state index in [0.29, 0.717) is 12.4 Å². The van der Waals surface area contributed by atoms with Crippen LogP contribution in [0.25, 0.3) is 0 Å². The van der Waals surface area contributed by atoms with Crippen molar-refractivity contribution in [1.29, 1.82) is 0 Å². The topological polar surface area (TPSA) is 68.0 Å². The van der Waals surface area contributed by atoms with E-state index in [2.05, 4.69) is 17.2 Å². The summed E-state index contributed by atoms with van der Waals surface area (Å²) in [4.78, 5) is 15.8. The summed E-state index contributed by atoms with van der Waals surface area (Å²) in [6, 6.07) is 3.64. The van der Waals surface area contributed by atoms with Gasteiger partial charge in [-0.05, 0) is 18.1 Å². The number of nitrogens with two attached hydrogens (primary N) is 1. The quantitative estimate of drug-likeness (QED) is 0.798. The molecule has 0 bridgehead atoms. The second-order valence-electron chi connectivity index (χ2n) is 3.93. The lowest BCUT2D eigenvalue weighted by atomic mass is 10.1. The molecule has 1 atom stereocenters. The van der Waals surface area contributed by atoms with Crippen molar-refractivity contribution in [2.45, 2.75) is 33.2 Å². The average Bonchev–Trinajstić information content (AvgIpc) is 2.30. The van der Waals surface area contributed by atoms with Crippen LogP contribution in [0.1, 0.15) is 32.3 Å². The Hall–Kier alpha value is -1.42. The van der Waals surface area contributed by atoms with E-state index < -0.39 is 0 Å². The van der Waals surface area contributed by atoms with Gasteiger partial charge >= 0.3 is 0 Å². The minimum atomic E-state index is 0.0230. The Bertz CT molecular complexity index is 335. The lowest BCUT2D eigenvalue weighted by molar-refractivity contribution is -0.119. The molecule has 1 heterocycles. The predicted octanol–water partition coefficient (Wildman–Crippen LogP) is 1.91. The number of rotatable bonds is 5. The first-order valence-corrected chi connectivity index (χ1v) is 5.63. The van der Waals surface area contributed by atoms with Gasteiger partial charge in [-0.1, -0.05) is 26.3 Å². The summed E-state index contributed by atoms with van der Waals surface area (Å²) in [6.45, 7) is 4.46. The first-order chi connectivity index (χ1) is 7.67.